The van der Waals surface area contributed by atoms with Gasteiger partial charge in [0.25, 0.3) is 0 Å². The second kappa shape index (κ2) is 3.69. The van der Waals surface area contributed by atoms with E-state index >= 15 is 0 Å². The van der Waals surface area contributed by atoms with Crippen LogP contribution < -0.4 is 0 Å². The van der Waals surface area contributed by atoms with Gasteiger partial charge in [-0.2, -0.15) is 0 Å². The number of aryl methyl sites for hydroxylation is 1. The van der Waals surface area contributed by atoms with Crippen LogP contribution in [0.1, 0.15) is 48.7 Å². The molecule has 16 heavy (non-hydrogen) atoms. The summed E-state index contributed by atoms with van der Waals surface area (Å²) in [4.78, 5) is 12.0. The van der Waals surface area contributed by atoms with E-state index in [0.29, 0.717) is 12.3 Å². The molecule has 1 nitrogen and oxygen atoms in total. The van der Waals surface area contributed by atoms with Gasteiger partial charge in [0.05, 0.1) is 0 Å². The van der Waals surface area contributed by atoms with Crippen LogP contribution in [0.15, 0.2) is 16.6 Å². The van der Waals surface area contributed by atoms with Crippen LogP contribution in [0.5, 0.6) is 0 Å². The van der Waals surface area contributed by atoms with Crippen LogP contribution in [0, 0.1) is 12.8 Å². The van der Waals surface area contributed by atoms with Crippen molar-refractivity contribution >= 4 is 21.7 Å². The van der Waals surface area contributed by atoms with E-state index in [1.165, 1.54) is 11.1 Å². The van der Waals surface area contributed by atoms with Gasteiger partial charge in [-0.15, -0.1) is 0 Å². The van der Waals surface area contributed by atoms with E-state index < -0.39 is 0 Å². The van der Waals surface area contributed by atoms with Crippen molar-refractivity contribution in [2.24, 2.45) is 5.92 Å². The maximum atomic E-state index is 12.0. The molecule has 0 spiro atoms. The molecule has 86 valence electrons. The number of Topliss-reactive ketones (excluding diaryl/α,β-unsaturated/α-hetero) is 1. The minimum atomic E-state index is 0.0920. The van der Waals surface area contributed by atoms with Crippen molar-refractivity contribution in [2.75, 3.05) is 0 Å². The normalized spacial score (nSPS) is 23.1. The summed E-state index contributed by atoms with van der Waals surface area (Å²) in [5.74, 6) is 0.690. The van der Waals surface area contributed by atoms with Gasteiger partial charge >= 0.3 is 0 Å². The average Bonchev–Trinajstić information content (AvgIpc) is 2.19. The van der Waals surface area contributed by atoms with Crippen LogP contribution in [0.25, 0.3) is 0 Å². The molecule has 0 saturated heterocycles. The summed E-state index contributed by atoms with van der Waals surface area (Å²) >= 11 is 3.50. The number of carbonyl (C=O) groups is 1. The SMILES string of the molecule is Cc1cc2c(cc1Br)C(=O)CC(C)C2(C)C. The van der Waals surface area contributed by atoms with E-state index in [2.05, 4.69) is 49.7 Å². The fraction of sp³-hybridized carbons (Fsp3) is 0.500. The molecule has 0 bridgehead atoms. The van der Waals surface area contributed by atoms with Crippen molar-refractivity contribution in [3.05, 3.63) is 33.3 Å². The highest BCUT2D eigenvalue weighted by atomic mass is 79.9. The first-order valence-corrected chi connectivity index (χ1v) is 6.47. The third-order valence-electron chi connectivity index (χ3n) is 4.02. The highest BCUT2D eigenvalue weighted by Crippen LogP contribution is 2.42. The standard InChI is InChI=1S/C14H17BrO/c1-8-5-11-10(7-12(8)15)13(16)6-9(2)14(11,3)4/h5,7,9H,6H2,1-4H3. The Bertz CT molecular complexity index is 460. The molecule has 1 aromatic carbocycles. The molecule has 1 atom stereocenters. The van der Waals surface area contributed by atoms with Crippen molar-refractivity contribution in [3.63, 3.8) is 0 Å². The predicted octanol–water partition coefficient (Wildman–Crippen LogP) is 4.26. The molecule has 1 aromatic rings. The van der Waals surface area contributed by atoms with Crippen LogP contribution >= 0.6 is 15.9 Å². The van der Waals surface area contributed by atoms with Gasteiger partial charge in [-0.25, -0.2) is 0 Å². The molecule has 1 aliphatic carbocycles. The maximum absolute atomic E-state index is 12.0. The molecule has 0 aromatic heterocycles. The van der Waals surface area contributed by atoms with Crippen molar-refractivity contribution in [1.82, 2.24) is 0 Å². The molecule has 0 amide bonds. The molecule has 0 radical (unpaired) electrons. The number of hydrogen-bond donors (Lipinski definition) is 0. The average molecular weight is 281 g/mol. The Kier molecular flexibility index (Phi) is 2.73. The highest BCUT2D eigenvalue weighted by molar-refractivity contribution is 9.10. The quantitative estimate of drug-likeness (QED) is 0.694. The van der Waals surface area contributed by atoms with Crippen LogP contribution in [-0.4, -0.2) is 5.78 Å². The third kappa shape index (κ3) is 1.64. The molecule has 0 N–H and O–H groups in total. The highest BCUT2D eigenvalue weighted by Gasteiger charge is 2.37. The Labute approximate surface area is 105 Å². The first-order valence-electron chi connectivity index (χ1n) is 5.68. The molecule has 1 aliphatic rings. The van der Waals surface area contributed by atoms with Gasteiger partial charge in [-0.3, -0.25) is 4.79 Å². The van der Waals surface area contributed by atoms with Crippen molar-refractivity contribution < 1.29 is 4.79 Å². The molecule has 2 rings (SSSR count). The van der Waals surface area contributed by atoms with Gasteiger partial charge in [0.2, 0.25) is 0 Å². The number of rotatable bonds is 0. The summed E-state index contributed by atoms with van der Waals surface area (Å²) in [6.45, 7) is 8.70. The second-order valence-corrected chi connectivity index (χ2v) is 6.25. The molecular weight excluding hydrogens is 264 g/mol. The number of benzene rings is 1. The summed E-state index contributed by atoms with van der Waals surface area (Å²) in [5, 5.41) is 0. The lowest BCUT2D eigenvalue weighted by Crippen LogP contribution is -2.35. The summed E-state index contributed by atoms with van der Waals surface area (Å²) in [6.07, 6.45) is 0.662. The Hall–Kier alpha value is -0.630. The van der Waals surface area contributed by atoms with Crippen LogP contribution in [0.3, 0.4) is 0 Å². The molecule has 0 fully saturated rings. The van der Waals surface area contributed by atoms with E-state index in [1.807, 2.05) is 6.07 Å². The number of ketones is 1. The third-order valence-corrected chi connectivity index (χ3v) is 4.87. The van der Waals surface area contributed by atoms with Crippen molar-refractivity contribution in [1.29, 1.82) is 0 Å². The summed E-state index contributed by atoms with van der Waals surface area (Å²) in [5.41, 5.74) is 3.40. The fourth-order valence-electron chi connectivity index (χ4n) is 2.35. The van der Waals surface area contributed by atoms with E-state index in [1.54, 1.807) is 0 Å². The Morgan fingerprint density at radius 1 is 1.38 bits per heavy atom. The Morgan fingerprint density at radius 3 is 2.62 bits per heavy atom. The minimum Gasteiger partial charge on any atom is -0.294 e. The van der Waals surface area contributed by atoms with Crippen LogP contribution in [0.2, 0.25) is 0 Å². The lowest BCUT2D eigenvalue weighted by molar-refractivity contribution is 0.0920. The number of carbonyl (C=O) groups excluding carboxylic acids is 1. The van der Waals surface area contributed by atoms with Gasteiger partial charge in [0, 0.05) is 16.5 Å². The molecule has 2 heteroatoms. The zero-order valence-electron chi connectivity index (χ0n) is 10.2. The van der Waals surface area contributed by atoms with E-state index in [4.69, 9.17) is 0 Å². The van der Waals surface area contributed by atoms with E-state index in [0.717, 1.165) is 10.0 Å². The maximum Gasteiger partial charge on any atom is 0.163 e. The Morgan fingerprint density at radius 2 is 2.00 bits per heavy atom. The van der Waals surface area contributed by atoms with E-state index in [9.17, 15) is 4.79 Å². The minimum absolute atomic E-state index is 0.0920. The Balaban J connectivity index is 2.70. The zero-order valence-corrected chi connectivity index (χ0v) is 11.8. The molecular formula is C14H17BrO. The lowest BCUT2D eigenvalue weighted by Gasteiger charge is -2.38. The topological polar surface area (TPSA) is 17.1 Å². The first-order chi connectivity index (χ1) is 7.34. The predicted molar refractivity (Wildman–Crippen MR) is 70.0 cm³/mol. The van der Waals surface area contributed by atoms with Gasteiger partial charge in [0.1, 0.15) is 0 Å². The number of hydrogen-bond acceptors (Lipinski definition) is 1. The number of fused-ring (bicyclic) bond motifs is 1. The summed E-state index contributed by atoms with van der Waals surface area (Å²) in [7, 11) is 0. The molecule has 0 saturated carbocycles. The van der Waals surface area contributed by atoms with Crippen LogP contribution in [0.4, 0.5) is 0 Å². The zero-order chi connectivity index (χ0) is 12.1. The van der Waals surface area contributed by atoms with Crippen molar-refractivity contribution in [3.8, 4) is 0 Å². The number of halogens is 1. The summed E-state index contributed by atoms with van der Waals surface area (Å²) < 4.78 is 1.03. The smallest absolute Gasteiger partial charge is 0.163 e. The van der Waals surface area contributed by atoms with E-state index in [-0.39, 0.29) is 11.2 Å². The molecule has 0 aliphatic heterocycles. The van der Waals surface area contributed by atoms with Crippen LogP contribution in [-0.2, 0) is 5.41 Å². The molecule has 0 heterocycles. The summed E-state index contributed by atoms with van der Waals surface area (Å²) in [6, 6.07) is 4.15. The van der Waals surface area contributed by atoms with Gasteiger partial charge in [-0.1, -0.05) is 42.8 Å². The lowest BCUT2D eigenvalue weighted by atomic mass is 9.65. The monoisotopic (exact) mass is 280 g/mol. The fourth-order valence-corrected chi connectivity index (χ4v) is 2.70. The largest absolute Gasteiger partial charge is 0.294 e. The van der Waals surface area contributed by atoms with Gasteiger partial charge in [0.15, 0.2) is 5.78 Å². The van der Waals surface area contributed by atoms with Crippen molar-refractivity contribution in [2.45, 2.75) is 39.5 Å². The van der Waals surface area contributed by atoms with Gasteiger partial charge in [-0.05, 0) is 35.4 Å². The molecule has 1 unspecified atom stereocenters. The van der Waals surface area contributed by atoms with Gasteiger partial charge < -0.3 is 0 Å². The second-order valence-electron chi connectivity index (χ2n) is 5.40. The first kappa shape index (κ1) is 11.8.